The molecule has 6 rings (SSSR count). The number of aromatic nitrogens is 2. The second-order valence-electron chi connectivity index (χ2n) is 36.6. The molecule has 126 heavy (non-hydrogen) atoms. The molecule has 12 atom stereocenters. The van der Waals surface area contributed by atoms with Crippen LogP contribution in [0.25, 0.3) is 22.0 Å². The maximum Gasteiger partial charge on any atom is 0.246 e. The number of anilines is 2. The lowest BCUT2D eigenvalue weighted by Crippen LogP contribution is -2.63. The Bertz CT molecular complexity index is 4330. The number of benzene rings is 2. The second-order valence-corrected chi connectivity index (χ2v) is 37.0. The number of rotatable bonds is 24. The Morgan fingerprint density at radius 2 is 1.06 bits per heavy atom. The summed E-state index contributed by atoms with van der Waals surface area (Å²) in [5.41, 5.74) is -1.14. The van der Waals surface area contributed by atoms with E-state index in [9.17, 15) is 53.4 Å². The van der Waals surface area contributed by atoms with Crippen LogP contribution in [-0.2, 0) is 62.3 Å². The fourth-order valence-corrected chi connectivity index (χ4v) is 16.8. The monoisotopic (exact) mass is 1790 g/mol. The highest BCUT2D eigenvalue weighted by molar-refractivity contribution is 6.34. The maximum atomic E-state index is 16.9. The van der Waals surface area contributed by atoms with Crippen LogP contribution in [0.1, 0.15) is 169 Å². The highest BCUT2D eigenvalue weighted by Crippen LogP contribution is 2.43. The molecule has 36 heteroatoms. The molecule has 1 aromatic heterocycles. The summed E-state index contributed by atoms with van der Waals surface area (Å²) in [5, 5.41) is 37.7. The molecule has 702 valence electrons. The van der Waals surface area contributed by atoms with Gasteiger partial charge in [0, 0.05) is 138 Å². The summed E-state index contributed by atoms with van der Waals surface area (Å²) in [5.74, 6) is -12.4. The zero-order chi connectivity index (χ0) is 94.6. The Balaban J connectivity index is 1.26. The molecule has 3 saturated heterocycles. The zero-order valence-electron chi connectivity index (χ0n) is 78.3. The smallest absolute Gasteiger partial charge is 0.246 e. The summed E-state index contributed by atoms with van der Waals surface area (Å²) in [4.78, 5) is 215. The van der Waals surface area contributed by atoms with Crippen molar-refractivity contribution in [1.82, 2.24) is 80.2 Å². The SMILES string of the molecule is C=CC(=O)N1CCN(c2nc(NCCC(=O)N3CCN(C(=O)CCC[C@@H](C)[C@@H](O)[C@H]4C(=O)N[C@@H](CC)C(=O)N(C)CCN(C)[C@@H](CC(C)C)C(=O)N[C@@H](C(C)C)C(=O)N(C)[C@@H](CC(C)C)C(=O)N[C@@H](C)C(=O)N[C@H](C)C(=O)N(C)[C@@H](CC(C)C)C(=O)N(C)[C@@H](CC(C)C)C(=O)N(C)[C@@H](C(C)C)C(=O)N4C)CC3)nc3c(F)c(-c4c(O)cccc4F)c(Cl)cc23)CC1. The van der Waals surface area contributed by atoms with E-state index in [1.54, 1.807) is 68.2 Å². The quantitative estimate of drug-likeness (QED) is 0.0491. The van der Waals surface area contributed by atoms with Crippen molar-refractivity contribution >= 4 is 111 Å². The number of phenols is 1. The van der Waals surface area contributed by atoms with E-state index >= 15 is 28.0 Å². The average Bonchev–Trinajstić information content (AvgIpc) is 0.746. The molecule has 3 fully saturated rings. The third-order valence-electron chi connectivity index (χ3n) is 24.2. The molecular weight excluding hydrogens is 1650 g/mol. The van der Waals surface area contributed by atoms with Crippen LogP contribution in [0.3, 0.4) is 0 Å². The summed E-state index contributed by atoms with van der Waals surface area (Å²) in [6.45, 7) is 33.7. The van der Waals surface area contributed by atoms with Gasteiger partial charge in [0.15, 0.2) is 5.82 Å². The van der Waals surface area contributed by atoms with Gasteiger partial charge in [-0.25, -0.2) is 13.8 Å². The molecule has 33 nitrogen and oxygen atoms in total. The number of fused-ring (bicyclic) bond motifs is 1. The predicted octanol–water partition coefficient (Wildman–Crippen LogP) is 6.20. The number of nitrogens with one attached hydrogen (secondary N) is 5. The van der Waals surface area contributed by atoms with Gasteiger partial charge >= 0.3 is 0 Å². The molecule has 7 N–H and O–H groups in total. The minimum Gasteiger partial charge on any atom is -0.507 e. The third-order valence-corrected chi connectivity index (χ3v) is 24.5. The van der Waals surface area contributed by atoms with Gasteiger partial charge in [-0.3, -0.25) is 67.2 Å². The van der Waals surface area contributed by atoms with Crippen LogP contribution in [0.4, 0.5) is 20.5 Å². The average molecular weight is 1790 g/mol. The fourth-order valence-electron chi connectivity index (χ4n) is 16.6. The normalized spacial score (nSPS) is 23.5. The number of hydrogen-bond donors (Lipinski definition) is 7. The zero-order valence-corrected chi connectivity index (χ0v) is 79.0. The van der Waals surface area contributed by atoms with Crippen LogP contribution in [0, 0.1) is 53.1 Å². The van der Waals surface area contributed by atoms with Crippen molar-refractivity contribution in [3.8, 4) is 16.9 Å². The number of carbonyl (C=O) groups is 13. The van der Waals surface area contributed by atoms with Gasteiger partial charge in [-0.15, -0.1) is 0 Å². The summed E-state index contributed by atoms with van der Waals surface area (Å²) in [7, 11) is 10.3. The van der Waals surface area contributed by atoms with Gasteiger partial charge in [0.05, 0.1) is 22.7 Å². The number of aliphatic hydroxyl groups is 1. The van der Waals surface area contributed by atoms with E-state index in [1.807, 2.05) is 60.3 Å². The van der Waals surface area contributed by atoms with Crippen LogP contribution >= 0.6 is 11.6 Å². The Kier molecular flexibility index (Phi) is 39.3. The molecule has 0 unspecified atom stereocenters. The number of likely N-dealkylation sites (N-methyl/N-ethyl adjacent to an activating group) is 7. The molecule has 3 aliphatic heterocycles. The number of nitrogens with zero attached hydrogens (tertiary/aromatic N) is 13. The van der Waals surface area contributed by atoms with E-state index in [4.69, 9.17) is 16.6 Å². The standard InChI is InChI=1S/C90H141ClF2N18O15/c1-25-62-85(122)102(19)36-35-101(18)63(45-50(3)4)81(118)98-74(54(11)12)88(125)103(20)64(46-51(5)6)82(119)95-57(16)80(117)96-58(17)84(121)104(21)65(47-52(7)8)86(123)105(22)66(48-53(9)10)87(124)106(23)76(55(13)14)89(126)107(24)77(83(120)97-62)78(116)56(15)29-27-32-69(114)109-37-39-110(40-38-109)70(115)33-34-94-90-99-75-59(79(100-90)111-43-41-108(42-44-111)68(113)26-2)49-60(91)71(73(75)93)72-61(92)30-28-31-67(72)112/h26,28,30-31,49-58,62-66,74,76-78,112,116H,2,25,27,29,32-48H2,1,3-24H3,(H,95,119)(H,96,117)(H,97,120)(H,98,118)(H,94,99,100)/t56-,57+,58-,62+,63+,64+,65+,66+,74+,76+,77+,78-/m1/s1. The first-order valence-corrected chi connectivity index (χ1v) is 44.7. The van der Waals surface area contributed by atoms with Crippen LogP contribution in [0.15, 0.2) is 36.9 Å². The fraction of sp³-hybridized carbons (Fsp3) is 0.678. The number of carbonyl (C=O) groups excluding carboxylic acids is 13. The van der Waals surface area contributed by atoms with Crippen molar-refractivity contribution in [2.75, 3.05) is 132 Å². The van der Waals surface area contributed by atoms with Gasteiger partial charge < -0.3 is 85.8 Å². The van der Waals surface area contributed by atoms with Crippen LogP contribution < -0.4 is 31.5 Å². The Morgan fingerprint density at radius 3 is 1.59 bits per heavy atom. The van der Waals surface area contributed by atoms with Gasteiger partial charge in [0.25, 0.3) is 0 Å². The molecule has 0 bridgehead atoms. The topological polar surface area (TPSA) is 384 Å². The Hall–Kier alpha value is -9.90. The van der Waals surface area contributed by atoms with Crippen LogP contribution in [0.2, 0.25) is 5.02 Å². The molecule has 3 aromatic rings. The first kappa shape index (κ1) is 105. The highest BCUT2D eigenvalue weighted by Gasteiger charge is 2.46. The number of piperazine rings is 2. The van der Waals surface area contributed by atoms with Gasteiger partial charge in [-0.05, 0) is 132 Å². The minimum absolute atomic E-state index is 0.0163. The van der Waals surface area contributed by atoms with E-state index in [1.165, 1.54) is 105 Å². The lowest BCUT2D eigenvalue weighted by atomic mass is 9.90. The number of halogens is 3. The molecule has 0 saturated carbocycles. The van der Waals surface area contributed by atoms with E-state index < -0.39 is 172 Å². The first-order chi connectivity index (χ1) is 59.0. The lowest BCUT2D eigenvalue weighted by Gasteiger charge is -2.41. The molecular formula is C90H141ClF2N18O15. The van der Waals surface area contributed by atoms with Crippen molar-refractivity contribution in [1.29, 1.82) is 0 Å². The molecule has 0 spiro atoms. The maximum absolute atomic E-state index is 16.9. The van der Waals surface area contributed by atoms with Gasteiger partial charge in [-0.1, -0.05) is 121 Å². The summed E-state index contributed by atoms with van der Waals surface area (Å²) in [6.07, 6.45) is 0.490. The van der Waals surface area contributed by atoms with Crippen molar-refractivity contribution < 1.29 is 81.3 Å². The van der Waals surface area contributed by atoms with Crippen molar-refractivity contribution in [2.24, 2.45) is 41.4 Å². The van der Waals surface area contributed by atoms with E-state index in [0.717, 1.165) is 11.0 Å². The molecule has 0 aliphatic carbocycles. The molecule has 3 aliphatic rings. The minimum atomic E-state index is -1.74. The van der Waals surface area contributed by atoms with E-state index in [2.05, 4.69) is 38.1 Å². The van der Waals surface area contributed by atoms with Crippen molar-refractivity contribution in [3.63, 3.8) is 0 Å². The number of hydrogen-bond acceptors (Lipinski definition) is 20. The van der Waals surface area contributed by atoms with Gasteiger partial charge in [0.1, 0.15) is 77.3 Å². The van der Waals surface area contributed by atoms with Gasteiger partial charge in [0.2, 0.25) is 82.7 Å². The number of phenolic OH excluding ortho intramolecular Hbond substituents is 1. The number of aliphatic hydroxyl groups excluding tert-OH is 1. The molecule has 0 radical (unpaired) electrons. The van der Waals surface area contributed by atoms with E-state index in [-0.39, 0.29) is 192 Å². The van der Waals surface area contributed by atoms with Gasteiger partial charge in [-0.2, -0.15) is 4.98 Å². The highest BCUT2D eigenvalue weighted by atomic mass is 35.5. The Labute approximate surface area is 747 Å². The van der Waals surface area contributed by atoms with Crippen LogP contribution in [0.5, 0.6) is 5.75 Å². The predicted molar refractivity (Wildman–Crippen MR) is 480 cm³/mol. The molecule has 4 heterocycles. The third kappa shape index (κ3) is 26.9. The van der Waals surface area contributed by atoms with E-state index in [0.29, 0.717) is 6.42 Å². The summed E-state index contributed by atoms with van der Waals surface area (Å²) in [6, 6.07) is -7.45. The summed E-state index contributed by atoms with van der Waals surface area (Å²) >= 11 is 6.67. The molecule has 13 amide bonds. The Morgan fingerprint density at radius 1 is 0.556 bits per heavy atom. The number of amides is 13. The lowest BCUT2D eigenvalue weighted by molar-refractivity contribution is -0.157. The summed E-state index contributed by atoms with van der Waals surface area (Å²) < 4.78 is 32.2. The first-order valence-electron chi connectivity index (χ1n) is 44.3. The van der Waals surface area contributed by atoms with Crippen molar-refractivity contribution in [2.45, 2.75) is 235 Å². The van der Waals surface area contributed by atoms with Crippen LogP contribution in [-0.4, -0.2) is 334 Å². The largest absolute Gasteiger partial charge is 0.507 e. The second kappa shape index (κ2) is 47.2. The van der Waals surface area contributed by atoms with Crippen molar-refractivity contribution in [3.05, 3.63) is 53.6 Å². The number of aromatic hydroxyl groups is 1. The molecule has 2 aromatic carbocycles.